The van der Waals surface area contributed by atoms with E-state index in [4.69, 9.17) is 10.3 Å². The van der Waals surface area contributed by atoms with Crippen molar-refractivity contribution in [1.29, 1.82) is 0 Å². The van der Waals surface area contributed by atoms with Gasteiger partial charge in [0.1, 0.15) is 4.90 Å². The van der Waals surface area contributed by atoms with Gasteiger partial charge in [-0.05, 0) is 36.4 Å². The molecule has 0 saturated carbocycles. The molecule has 4 N–H and O–H groups in total. The summed E-state index contributed by atoms with van der Waals surface area (Å²) in [6.07, 6.45) is 0. The van der Waals surface area contributed by atoms with E-state index in [9.17, 15) is 16.8 Å². The average Bonchev–Trinajstić information content (AvgIpc) is 2.38. The lowest BCUT2D eigenvalue weighted by atomic mass is 10.3. The molecule has 0 aliphatic heterocycles. The molecule has 2 aromatic carbocycles. The van der Waals surface area contributed by atoms with Gasteiger partial charge in [0, 0.05) is 5.69 Å². The summed E-state index contributed by atoms with van der Waals surface area (Å²) in [5.41, 5.74) is 5.63. The maximum absolute atomic E-state index is 12.2. The molecular weight excluding hydrogens is 316 g/mol. The second kappa shape index (κ2) is 5.35. The first-order valence-electron chi connectivity index (χ1n) is 5.65. The molecule has 2 aromatic rings. The van der Waals surface area contributed by atoms with Gasteiger partial charge in [-0.1, -0.05) is 12.1 Å². The number of nitrogens with two attached hydrogens (primary N) is 1. The highest BCUT2D eigenvalue weighted by atomic mass is 32.2. The number of nitrogens with one attached hydrogen (secondary N) is 1. The average molecular weight is 328 g/mol. The van der Waals surface area contributed by atoms with E-state index in [1.165, 1.54) is 42.5 Å². The molecule has 0 amide bonds. The molecule has 0 unspecified atom stereocenters. The summed E-state index contributed by atoms with van der Waals surface area (Å²) in [7, 11) is -8.54. The summed E-state index contributed by atoms with van der Waals surface area (Å²) in [5, 5.41) is 0. The number of para-hydroxylation sites is 1. The van der Waals surface area contributed by atoms with E-state index < -0.39 is 25.0 Å². The Morgan fingerprint density at radius 1 is 0.905 bits per heavy atom. The number of hydrogen-bond acceptors (Lipinski definition) is 5. The van der Waals surface area contributed by atoms with Gasteiger partial charge in [0.05, 0.1) is 10.6 Å². The summed E-state index contributed by atoms with van der Waals surface area (Å²) in [6, 6.07) is 10.5. The summed E-state index contributed by atoms with van der Waals surface area (Å²) < 4.78 is 58.0. The maximum Gasteiger partial charge on any atom is 0.296 e. The van der Waals surface area contributed by atoms with Gasteiger partial charge in [0.2, 0.25) is 0 Å². The Balaban J connectivity index is 2.45. The van der Waals surface area contributed by atoms with Crippen LogP contribution in [0.4, 0.5) is 11.4 Å². The molecule has 0 fully saturated rings. The molecule has 7 nitrogen and oxygen atoms in total. The van der Waals surface area contributed by atoms with Crippen LogP contribution in [0.3, 0.4) is 0 Å². The van der Waals surface area contributed by atoms with Crippen LogP contribution in [0, 0.1) is 0 Å². The van der Waals surface area contributed by atoms with Crippen LogP contribution in [-0.2, 0) is 20.1 Å². The zero-order chi connectivity index (χ0) is 15.7. The second-order valence-corrected chi connectivity index (χ2v) is 7.22. The molecule has 0 atom stereocenters. The zero-order valence-electron chi connectivity index (χ0n) is 10.6. The molecule has 0 aliphatic carbocycles. The van der Waals surface area contributed by atoms with Crippen molar-refractivity contribution in [1.82, 2.24) is 0 Å². The monoisotopic (exact) mass is 328 g/mol. The summed E-state index contributed by atoms with van der Waals surface area (Å²) >= 11 is 0. The number of sulfonamides is 1. The Kier molecular flexibility index (Phi) is 3.90. The van der Waals surface area contributed by atoms with E-state index in [0.29, 0.717) is 5.69 Å². The molecule has 0 aromatic heterocycles. The molecule has 0 bridgehead atoms. The fourth-order valence-corrected chi connectivity index (χ4v) is 3.42. The van der Waals surface area contributed by atoms with Crippen LogP contribution >= 0.6 is 0 Å². The molecule has 0 radical (unpaired) electrons. The van der Waals surface area contributed by atoms with Gasteiger partial charge >= 0.3 is 0 Å². The van der Waals surface area contributed by atoms with Crippen LogP contribution in [-0.4, -0.2) is 21.4 Å². The largest absolute Gasteiger partial charge is 0.399 e. The van der Waals surface area contributed by atoms with E-state index >= 15 is 0 Å². The zero-order valence-corrected chi connectivity index (χ0v) is 12.2. The van der Waals surface area contributed by atoms with Crippen LogP contribution in [0.1, 0.15) is 0 Å². The van der Waals surface area contributed by atoms with E-state index in [-0.39, 0.29) is 10.6 Å². The Hall–Kier alpha value is -2.10. The molecule has 21 heavy (non-hydrogen) atoms. The molecule has 9 heteroatoms. The molecule has 0 saturated heterocycles. The van der Waals surface area contributed by atoms with Gasteiger partial charge in [-0.25, -0.2) is 8.42 Å². The number of benzene rings is 2. The number of hydrogen-bond donors (Lipinski definition) is 3. The predicted octanol–water partition coefficient (Wildman–Crippen LogP) is 1.32. The van der Waals surface area contributed by atoms with Crippen LogP contribution in [0.2, 0.25) is 0 Å². The van der Waals surface area contributed by atoms with Crippen molar-refractivity contribution in [2.45, 2.75) is 9.79 Å². The highest BCUT2D eigenvalue weighted by molar-refractivity contribution is 7.93. The van der Waals surface area contributed by atoms with Gasteiger partial charge in [-0.3, -0.25) is 9.27 Å². The van der Waals surface area contributed by atoms with Crippen LogP contribution < -0.4 is 10.5 Å². The minimum Gasteiger partial charge on any atom is -0.399 e. The summed E-state index contributed by atoms with van der Waals surface area (Å²) in [4.78, 5) is -0.606. The van der Waals surface area contributed by atoms with Gasteiger partial charge in [0.15, 0.2) is 0 Å². The lowest BCUT2D eigenvalue weighted by Crippen LogP contribution is -2.15. The van der Waals surface area contributed by atoms with E-state index in [1.54, 1.807) is 0 Å². The Bertz CT molecular complexity index is 859. The minimum atomic E-state index is -4.54. The quantitative estimate of drug-likeness (QED) is 0.574. The molecule has 0 spiro atoms. The molecule has 2 rings (SSSR count). The third-order valence-electron chi connectivity index (χ3n) is 2.60. The first kappa shape index (κ1) is 15.3. The second-order valence-electron chi connectivity index (χ2n) is 4.15. The van der Waals surface area contributed by atoms with Crippen molar-refractivity contribution in [3.05, 3.63) is 48.5 Å². The smallest absolute Gasteiger partial charge is 0.296 e. The number of rotatable bonds is 4. The minimum absolute atomic E-state index is 0.0816. The van der Waals surface area contributed by atoms with Crippen molar-refractivity contribution in [3.63, 3.8) is 0 Å². The van der Waals surface area contributed by atoms with Crippen molar-refractivity contribution in [2.75, 3.05) is 10.5 Å². The van der Waals surface area contributed by atoms with Crippen LogP contribution in [0.15, 0.2) is 58.3 Å². The molecule has 0 aliphatic rings. The Labute approximate surface area is 122 Å². The van der Waals surface area contributed by atoms with Crippen LogP contribution in [0.25, 0.3) is 0 Å². The third kappa shape index (κ3) is 3.51. The first-order chi connectivity index (χ1) is 9.70. The van der Waals surface area contributed by atoms with Crippen molar-refractivity contribution in [3.8, 4) is 0 Å². The number of anilines is 2. The van der Waals surface area contributed by atoms with Crippen molar-refractivity contribution >= 4 is 31.5 Å². The topological polar surface area (TPSA) is 127 Å². The first-order valence-corrected chi connectivity index (χ1v) is 8.57. The lowest BCUT2D eigenvalue weighted by molar-refractivity contribution is 0.483. The normalized spacial score (nSPS) is 12.0. The summed E-state index contributed by atoms with van der Waals surface area (Å²) in [6.45, 7) is 0. The fraction of sp³-hybridized carbons (Fsp3) is 0. The SMILES string of the molecule is Nc1ccc(S(=O)(=O)Nc2ccccc2S(=O)(=O)O)cc1. The molecule has 0 heterocycles. The van der Waals surface area contributed by atoms with E-state index in [0.717, 1.165) is 6.07 Å². The Morgan fingerprint density at radius 2 is 1.48 bits per heavy atom. The standard InChI is InChI=1S/C12H12N2O5S2/c13-9-5-7-10(8-6-9)20(15,16)14-11-3-1-2-4-12(11)21(17,18)19/h1-8,14H,13H2,(H,17,18,19). The van der Waals surface area contributed by atoms with Crippen molar-refractivity contribution < 1.29 is 21.4 Å². The van der Waals surface area contributed by atoms with Gasteiger partial charge < -0.3 is 5.73 Å². The van der Waals surface area contributed by atoms with E-state index in [2.05, 4.69) is 4.72 Å². The lowest BCUT2D eigenvalue weighted by Gasteiger charge is -2.11. The van der Waals surface area contributed by atoms with E-state index in [1.807, 2.05) is 0 Å². The predicted molar refractivity (Wildman–Crippen MR) is 77.9 cm³/mol. The Morgan fingerprint density at radius 3 is 2.05 bits per heavy atom. The van der Waals surface area contributed by atoms with Gasteiger partial charge in [-0.2, -0.15) is 8.42 Å². The number of nitrogen functional groups attached to an aromatic ring is 1. The fourth-order valence-electron chi connectivity index (χ4n) is 1.63. The molecular formula is C12H12N2O5S2. The highest BCUT2D eigenvalue weighted by Crippen LogP contribution is 2.24. The third-order valence-corrected chi connectivity index (χ3v) is 4.89. The highest BCUT2D eigenvalue weighted by Gasteiger charge is 2.20. The van der Waals surface area contributed by atoms with Gasteiger partial charge in [0.25, 0.3) is 20.1 Å². The van der Waals surface area contributed by atoms with Crippen molar-refractivity contribution in [2.24, 2.45) is 0 Å². The molecule has 112 valence electrons. The maximum atomic E-state index is 12.2. The van der Waals surface area contributed by atoms with Crippen LogP contribution in [0.5, 0.6) is 0 Å². The van der Waals surface area contributed by atoms with Gasteiger partial charge in [-0.15, -0.1) is 0 Å². The summed E-state index contributed by atoms with van der Waals surface area (Å²) in [5.74, 6) is 0.